The quantitative estimate of drug-likeness (QED) is 0.774. The Bertz CT molecular complexity index is 262. The van der Waals surface area contributed by atoms with Gasteiger partial charge in [0.15, 0.2) is 0 Å². The van der Waals surface area contributed by atoms with Crippen LogP contribution in [-0.2, 0) is 9.47 Å². The molecule has 1 unspecified atom stereocenters. The highest BCUT2D eigenvalue weighted by Crippen LogP contribution is 2.31. The minimum Gasteiger partial charge on any atom is -0.384 e. The van der Waals surface area contributed by atoms with Gasteiger partial charge in [0, 0.05) is 32.2 Å². The summed E-state index contributed by atoms with van der Waals surface area (Å²) in [6.07, 6.45) is 6.54. The lowest BCUT2D eigenvalue weighted by Crippen LogP contribution is -2.50. The number of likely N-dealkylation sites (tertiary alicyclic amines) is 1. The summed E-state index contributed by atoms with van der Waals surface area (Å²) in [6.45, 7) is 9.76. The third kappa shape index (κ3) is 4.69. The summed E-state index contributed by atoms with van der Waals surface area (Å²) >= 11 is 0. The van der Waals surface area contributed by atoms with Crippen LogP contribution in [0.15, 0.2) is 0 Å². The molecule has 0 radical (unpaired) electrons. The van der Waals surface area contributed by atoms with Crippen molar-refractivity contribution in [2.75, 3.05) is 53.0 Å². The summed E-state index contributed by atoms with van der Waals surface area (Å²) in [4.78, 5) is 2.62. The largest absolute Gasteiger partial charge is 0.384 e. The highest BCUT2D eigenvalue weighted by atomic mass is 16.5. The fraction of sp³-hybridized carbons (Fsp3) is 1.00. The molecule has 1 N–H and O–H groups in total. The minimum atomic E-state index is 0.354. The van der Waals surface area contributed by atoms with Crippen LogP contribution in [0.2, 0.25) is 0 Å². The molecule has 2 fully saturated rings. The Labute approximate surface area is 124 Å². The predicted molar refractivity (Wildman–Crippen MR) is 82.1 cm³/mol. The molecule has 0 aliphatic carbocycles. The van der Waals surface area contributed by atoms with Crippen molar-refractivity contribution in [3.8, 4) is 0 Å². The zero-order valence-electron chi connectivity index (χ0n) is 13.3. The zero-order chi connectivity index (χ0) is 14.3. The molecule has 0 aromatic carbocycles. The van der Waals surface area contributed by atoms with E-state index >= 15 is 0 Å². The maximum absolute atomic E-state index is 5.96. The fourth-order valence-electron chi connectivity index (χ4n) is 3.66. The molecule has 2 aliphatic rings. The Balaban J connectivity index is 1.85. The third-order valence-electron chi connectivity index (χ3n) is 4.69. The van der Waals surface area contributed by atoms with Crippen LogP contribution in [0.1, 0.15) is 39.0 Å². The molecule has 0 amide bonds. The Morgan fingerprint density at radius 2 is 2.10 bits per heavy atom. The van der Waals surface area contributed by atoms with Gasteiger partial charge in [-0.1, -0.05) is 6.92 Å². The average molecular weight is 284 g/mol. The number of hydrogen-bond donors (Lipinski definition) is 1. The number of nitrogens with zero attached hydrogens (tertiary/aromatic N) is 1. The van der Waals surface area contributed by atoms with E-state index in [1.165, 1.54) is 38.8 Å². The van der Waals surface area contributed by atoms with E-state index in [0.717, 1.165) is 39.3 Å². The van der Waals surface area contributed by atoms with Crippen molar-refractivity contribution >= 4 is 0 Å². The number of ether oxygens (including phenoxy) is 2. The van der Waals surface area contributed by atoms with Crippen LogP contribution in [0.5, 0.6) is 0 Å². The van der Waals surface area contributed by atoms with Crippen molar-refractivity contribution < 1.29 is 9.47 Å². The molecule has 20 heavy (non-hydrogen) atoms. The molecule has 1 atom stereocenters. The topological polar surface area (TPSA) is 33.7 Å². The molecule has 2 saturated heterocycles. The van der Waals surface area contributed by atoms with Crippen molar-refractivity contribution in [3.63, 3.8) is 0 Å². The van der Waals surface area contributed by atoms with Crippen LogP contribution in [0.4, 0.5) is 0 Å². The number of piperidine rings is 2. The summed E-state index contributed by atoms with van der Waals surface area (Å²) in [5.74, 6) is 0. The highest BCUT2D eigenvalue weighted by Gasteiger charge is 2.35. The van der Waals surface area contributed by atoms with E-state index in [-0.39, 0.29) is 0 Å². The first-order valence-electron chi connectivity index (χ1n) is 8.31. The van der Waals surface area contributed by atoms with Crippen LogP contribution >= 0.6 is 0 Å². The summed E-state index contributed by atoms with van der Waals surface area (Å²) in [5.41, 5.74) is 0.354. The number of hydrogen-bond acceptors (Lipinski definition) is 4. The van der Waals surface area contributed by atoms with Crippen LogP contribution in [0, 0.1) is 5.41 Å². The third-order valence-corrected chi connectivity index (χ3v) is 4.69. The SMILES string of the molecule is CCCOC1CCCN(CC2(COC)CCNCC2)C1. The van der Waals surface area contributed by atoms with Gasteiger partial charge in [-0.15, -0.1) is 0 Å². The first-order valence-corrected chi connectivity index (χ1v) is 8.31. The fourth-order valence-corrected chi connectivity index (χ4v) is 3.66. The highest BCUT2D eigenvalue weighted by molar-refractivity contribution is 4.89. The second-order valence-electron chi connectivity index (χ2n) is 6.55. The van der Waals surface area contributed by atoms with Crippen LogP contribution < -0.4 is 5.32 Å². The van der Waals surface area contributed by atoms with Gasteiger partial charge in [0.2, 0.25) is 0 Å². The summed E-state index contributed by atoms with van der Waals surface area (Å²) in [6, 6.07) is 0. The second-order valence-corrected chi connectivity index (χ2v) is 6.55. The van der Waals surface area contributed by atoms with Crippen molar-refractivity contribution in [2.24, 2.45) is 5.41 Å². The van der Waals surface area contributed by atoms with Gasteiger partial charge in [0.1, 0.15) is 0 Å². The van der Waals surface area contributed by atoms with Gasteiger partial charge in [-0.2, -0.15) is 0 Å². The molecule has 0 saturated carbocycles. The van der Waals surface area contributed by atoms with E-state index < -0.39 is 0 Å². The van der Waals surface area contributed by atoms with Gasteiger partial charge in [-0.3, -0.25) is 0 Å². The zero-order valence-corrected chi connectivity index (χ0v) is 13.3. The van der Waals surface area contributed by atoms with Gasteiger partial charge in [-0.25, -0.2) is 0 Å². The molecule has 0 aromatic heterocycles. The van der Waals surface area contributed by atoms with Crippen LogP contribution in [-0.4, -0.2) is 64.1 Å². The Morgan fingerprint density at radius 1 is 1.30 bits per heavy atom. The Hall–Kier alpha value is -0.160. The predicted octanol–water partition coefficient (Wildman–Crippen LogP) is 1.89. The first-order chi connectivity index (χ1) is 9.78. The summed E-state index contributed by atoms with van der Waals surface area (Å²) < 4.78 is 11.5. The average Bonchev–Trinajstić information content (AvgIpc) is 2.46. The number of rotatable bonds is 7. The van der Waals surface area contributed by atoms with Gasteiger partial charge in [-0.05, 0) is 51.7 Å². The van der Waals surface area contributed by atoms with E-state index in [2.05, 4.69) is 17.1 Å². The van der Waals surface area contributed by atoms with Gasteiger partial charge in [0.25, 0.3) is 0 Å². The normalized spacial score (nSPS) is 27.6. The molecule has 118 valence electrons. The van der Waals surface area contributed by atoms with E-state index in [1.54, 1.807) is 0 Å². The van der Waals surface area contributed by atoms with Crippen LogP contribution in [0.3, 0.4) is 0 Å². The summed E-state index contributed by atoms with van der Waals surface area (Å²) in [5, 5.41) is 3.47. The van der Waals surface area contributed by atoms with Crippen LogP contribution in [0.25, 0.3) is 0 Å². The van der Waals surface area contributed by atoms with Gasteiger partial charge >= 0.3 is 0 Å². The molecule has 2 rings (SSSR count). The van der Waals surface area contributed by atoms with E-state index in [9.17, 15) is 0 Å². The Morgan fingerprint density at radius 3 is 2.80 bits per heavy atom. The lowest BCUT2D eigenvalue weighted by atomic mass is 9.78. The molecule has 0 spiro atoms. The Kier molecular flexibility index (Phi) is 6.75. The summed E-state index contributed by atoms with van der Waals surface area (Å²) in [7, 11) is 1.84. The van der Waals surface area contributed by atoms with E-state index in [1.807, 2.05) is 7.11 Å². The van der Waals surface area contributed by atoms with Gasteiger partial charge in [0.05, 0.1) is 12.7 Å². The molecule has 2 aliphatic heterocycles. The molecule has 4 heteroatoms. The molecule has 2 heterocycles. The molecular formula is C16H32N2O2. The maximum Gasteiger partial charge on any atom is 0.0702 e. The monoisotopic (exact) mass is 284 g/mol. The second kappa shape index (κ2) is 8.32. The standard InChI is InChI=1S/C16H32N2O2/c1-3-11-20-15-5-4-10-18(12-15)13-16(14-19-2)6-8-17-9-7-16/h15,17H,3-14H2,1-2H3. The smallest absolute Gasteiger partial charge is 0.0702 e. The van der Waals surface area contributed by atoms with E-state index in [4.69, 9.17) is 9.47 Å². The number of nitrogens with one attached hydrogen (secondary N) is 1. The molecule has 4 nitrogen and oxygen atoms in total. The van der Waals surface area contributed by atoms with Crippen molar-refractivity contribution in [1.29, 1.82) is 0 Å². The maximum atomic E-state index is 5.96. The molecule has 0 aromatic rings. The number of methoxy groups -OCH3 is 1. The molecule has 0 bridgehead atoms. The van der Waals surface area contributed by atoms with Crippen molar-refractivity contribution in [3.05, 3.63) is 0 Å². The lowest BCUT2D eigenvalue weighted by Gasteiger charge is -2.43. The van der Waals surface area contributed by atoms with Crippen molar-refractivity contribution in [1.82, 2.24) is 10.2 Å². The van der Waals surface area contributed by atoms with Crippen molar-refractivity contribution in [2.45, 2.75) is 45.1 Å². The lowest BCUT2D eigenvalue weighted by molar-refractivity contribution is -0.0305. The first kappa shape index (κ1) is 16.2. The van der Waals surface area contributed by atoms with Gasteiger partial charge < -0.3 is 19.7 Å². The minimum absolute atomic E-state index is 0.354. The van der Waals surface area contributed by atoms with E-state index in [0.29, 0.717) is 11.5 Å². The molecular weight excluding hydrogens is 252 g/mol.